The maximum absolute atomic E-state index is 12.7. The molecule has 0 radical (unpaired) electrons. The van der Waals surface area contributed by atoms with Crippen molar-refractivity contribution in [1.82, 2.24) is 15.5 Å². The van der Waals surface area contributed by atoms with Gasteiger partial charge in [-0.1, -0.05) is 0 Å². The number of nitrogens with one attached hydrogen (secondary N) is 1. The summed E-state index contributed by atoms with van der Waals surface area (Å²) in [5, 5.41) is 9.68. The lowest BCUT2D eigenvalue weighted by atomic mass is 9.89. The largest absolute Gasteiger partial charge is 0.435 e. The summed E-state index contributed by atoms with van der Waals surface area (Å²) < 4.78 is 38.1. The van der Waals surface area contributed by atoms with E-state index in [1.807, 2.05) is 0 Å². The smallest absolute Gasteiger partial charge is 0.317 e. The number of alkyl halides is 3. The van der Waals surface area contributed by atoms with Crippen molar-refractivity contribution in [2.24, 2.45) is 0 Å². The van der Waals surface area contributed by atoms with Crippen LogP contribution in [0.2, 0.25) is 0 Å². The van der Waals surface area contributed by atoms with Crippen LogP contribution in [-0.2, 0) is 6.18 Å². The zero-order valence-electron chi connectivity index (χ0n) is 9.00. The van der Waals surface area contributed by atoms with E-state index in [0.29, 0.717) is 0 Å². The summed E-state index contributed by atoms with van der Waals surface area (Å²) in [7, 11) is 0. The van der Waals surface area contributed by atoms with E-state index >= 15 is 0 Å². The van der Waals surface area contributed by atoms with Crippen molar-refractivity contribution >= 4 is 12.4 Å². The Morgan fingerprint density at radius 2 is 1.88 bits per heavy atom. The van der Waals surface area contributed by atoms with E-state index in [1.165, 1.54) is 12.3 Å². The molecule has 0 bridgehead atoms. The molecule has 0 amide bonds. The second kappa shape index (κ2) is 5.64. The third-order valence-corrected chi connectivity index (χ3v) is 2.80. The predicted molar refractivity (Wildman–Crippen MR) is 59.1 cm³/mol. The molecule has 1 aromatic rings. The van der Waals surface area contributed by atoms with E-state index in [2.05, 4.69) is 15.5 Å². The fourth-order valence-corrected chi connectivity index (χ4v) is 2.02. The lowest BCUT2D eigenvalue weighted by Gasteiger charge is -2.24. The molecule has 1 aromatic heterocycles. The molecule has 0 saturated carbocycles. The first-order chi connectivity index (χ1) is 7.59. The first-order valence-corrected chi connectivity index (χ1v) is 5.18. The molecule has 0 aromatic carbocycles. The Morgan fingerprint density at radius 1 is 1.24 bits per heavy atom. The third-order valence-electron chi connectivity index (χ3n) is 2.80. The monoisotopic (exact) mass is 267 g/mol. The van der Waals surface area contributed by atoms with Crippen LogP contribution in [0.4, 0.5) is 13.2 Å². The van der Waals surface area contributed by atoms with Crippen molar-refractivity contribution in [2.45, 2.75) is 24.9 Å². The molecule has 7 heteroatoms. The van der Waals surface area contributed by atoms with E-state index in [9.17, 15) is 13.2 Å². The minimum atomic E-state index is -4.41. The van der Waals surface area contributed by atoms with Crippen molar-refractivity contribution in [3.8, 4) is 0 Å². The van der Waals surface area contributed by atoms with Crippen LogP contribution < -0.4 is 5.32 Å². The van der Waals surface area contributed by atoms with Crippen molar-refractivity contribution in [3.63, 3.8) is 0 Å². The van der Waals surface area contributed by atoms with Crippen LogP contribution in [0.1, 0.15) is 30.0 Å². The molecule has 3 nitrogen and oxygen atoms in total. The van der Waals surface area contributed by atoms with Gasteiger partial charge in [-0.25, -0.2) is 0 Å². The standard InChI is InChI=1S/C10H12F3N3.ClH/c11-10(12,13)9-8(3-6-15-16-9)7-1-4-14-5-2-7;/h3,6-7,14H,1-2,4-5H2;1H. The van der Waals surface area contributed by atoms with Gasteiger partial charge in [-0.3, -0.25) is 0 Å². The minimum absolute atomic E-state index is 0. The Balaban J connectivity index is 0.00000144. The molecule has 1 aliphatic rings. The van der Waals surface area contributed by atoms with Crippen LogP contribution >= 0.6 is 12.4 Å². The fourth-order valence-electron chi connectivity index (χ4n) is 2.02. The average Bonchev–Trinajstić information content (AvgIpc) is 2.29. The van der Waals surface area contributed by atoms with E-state index < -0.39 is 11.9 Å². The lowest BCUT2D eigenvalue weighted by molar-refractivity contribution is -0.142. The summed E-state index contributed by atoms with van der Waals surface area (Å²) in [5.41, 5.74) is -0.550. The van der Waals surface area contributed by atoms with Gasteiger partial charge < -0.3 is 5.32 Å². The molecule has 17 heavy (non-hydrogen) atoms. The van der Waals surface area contributed by atoms with Crippen LogP contribution in [0.5, 0.6) is 0 Å². The molecular weight excluding hydrogens is 255 g/mol. The van der Waals surface area contributed by atoms with Gasteiger partial charge in [-0.15, -0.1) is 17.5 Å². The first-order valence-electron chi connectivity index (χ1n) is 5.18. The molecule has 1 saturated heterocycles. The van der Waals surface area contributed by atoms with Crippen molar-refractivity contribution in [1.29, 1.82) is 0 Å². The number of rotatable bonds is 1. The Bertz CT molecular complexity index is 364. The van der Waals surface area contributed by atoms with Gasteiger partial charge in [0.1, 0.15) is 0 Å². The molecule has 0 spiro atoms. The van der Waals surface area contributed by atoms with E-state index in [0.717, 1.165) is 25.9 Å². The Hall–Kier alpha value is -0.880. The highest BCUT2D eigenvalue weighted by molar-refractivity contribution is 5.85. The summed E-state index contributed by atoms with van der Waals surface area (Å²) in [5.74, 6) is -0.0617. The van der Waals surface area contributed by atoms with E-state index in [-0.39, 0.29) is 23.9 Å². The molecular formula is C10H13ClF3N3. The number of hydrogen-bond acceptors (Lipinski definition) is 3. The number of nitrogens with zero attached hydrogens (tertiary/aromatic N) is 2. The van der Waals surface area contributed by atoms with Gasteiger partial charge in [-0.2, -0.15) is 18.3 Å². The number of halogens is 4. The maximum atomic E-state index is 12.7. The third kappa shape index (κ3) is 3.29. The zero-order chi connectivity index (χ0) is 11.6. The van der Waals surface area contributed by atoms with E-state index in [1.54, 1.807) is 0 Å². The minimum Gasteiger partial charge on any atom is -0.317 e. The molecule has 0 unspecified atom stereocenters. The van der Waals surface area contributed by atoms with Gasteiger partial charge in [0.2, 0.25) is 0 Å². The highest BCUT2D eigenvalue weighted by Crippen LogP contribution is 2.35. The lowest BCUT2D eigenvalue weighted by Crippen LogP contribution is -2.28. The Labute approximate surface area is 103 Å². The van der Waals surface area contributed by atoms with Crippen molar-refractivity contribution in [2.75, 3.05) is 13.1 Å². The summed E-state index contributed by atoms with van der Waals surface area (Å²) in [6, 6.07) is 1.44. The van der Waals surface area contributed by atoms with Crippen LogP contribution in [0.25, 0.3) is 0 Å². The second-order valence-electron chi connectivity index (χ2n) is 3.86. The topological polar surface area (TPSA) is 37.8 Å². The summed E-state index contributed by atoms with van der Waals surface area (Å²) in [6.07, 6.45) is -1.65. The normalized spacial score (nSPS) is 17.6. The second-order valence-corrected chi connectivity index (χ2v) is 3.86. The van der Waals surface area contributed by atoms with Gasteiger partial charge in [0, 0.05) is 6.20 Å². The average molecular weight is 268 g/mol. The Morgan fingerprint density at radius 3 is 2.47 bits per heavy atom. The molecule has 2 heterocycles. The van der Waals surface area contributed by atoms with Gasteiger partial charge in [0.05, 0.1) is 0 Å². The molecule has 1 fully saturated rings. The first kappa shape index (κ1) is 14.2. The number of piperidine rings is 1. The molecule has 0 atom stereocenters. The molecule has 96 valence electrons. The Kier molecular flexibility index (Phi) is 4.70. The highest BCUT2D eigenvalue weighted by Gasteiger charge is 2.37. The van der Waals surface area contributed by atoms with E-state index in [4.69, 9.17) is 0 Å². The fraction of sp³-hybridized carbons (Fsp3) is 0.600. The maximum Gasteiger partial charge on any atom is 0.435 e. The summed E-state index contributed by atoms with van der Waals surface area (Å²) >= 11 is 0. The SMILES string of the molecule is Cl.FC(F)(F)c1nnccc1C1CCNCC1. The molecule has 1 aliphatic heterocycles. The van der Waals surface area contributed by atoms with Crippen molar-refractivity contribution in [3.05, 3.63) is 23.5 Å². The van der Waals surface area contributed by atoms with Gasteiger partial charge in [0.15, 0.2) is 5.69 Å². The highest BCUT2D eigenvalue weighted by atomic mass is 35.5. The van der Waals surface area contributed by atoms with Crippen LogP contribution in [0, 0.1) is 0 Å². The predicted octanol–water partition coefficient (Wildman–Crippen LogP) is 2.38. The van der Waals surface area contributed by atoms with Crippen LogP contribution in [0.15, 0.2) is 12.3 Å². The quantitative estimate of drug-likeness (QED) is 0.849. The number of hydrogen-bond donors (Lipinski definition) is 1. The molecule has 0 aliphatic carbocycles. The zero-order valence-corrected chi connectivity index (χ0v) is 9.81. The van der Waals surface area contributed by atoms with Crippen molar-refractivity contribution < 1.29 is 13.2 Å². The number of aromatic nitrogens is 2. The van der Waals surface area contributed by atoms with Crippen LogP contribution in [-0.4, -0.2) is 23.3 Å². The molecule has 1 N–H and O–H groups in total. The van der Waals surface area contributed by atoms with Gasteiger partial charge in [0.25, 0.3) is 0 Å². The summed E-state index contributed by atoms with van der Waals surface area (Å²) in [6.45, 7) is 1.51. The summed E-state index contributed by atoms with van der Waals surface area (Å²) in [4.78, 5) is 0. The van der Waals surface area contributed by atoms with Crippen LogP contribution in [0.3, 0.4) is 0 Å². The van der Waals surface area contributed by atoms with Gasteiger partial charge in [-0.05, 0) is 43.5 Å². The molecule has 2 rings (SSSR count). The van der Waals surface area contributed by atoms with Gasteiger partial charge >= 0.3 is 6.18 Å².